The number of nitrogens with two attached hydrogens (primary N) is 1. The van der Waals surface area contributed by atoms with Crippen molar-refractivity contribution in [2.45, 2.75) is 25.8 Å². The third-order valence-corrected chi connectivity index (χ3v) is 4.28. The zero-order chi connectivity index (χ0) is 13.8. The molecule has 1 aliphatic heterocycles. The zero-order valence-electron chi connectivity index (χ0n) is 12.3. The lowest BCUT2D eigenvalue weighted by Crippen LogP contribution is -2.50. The van der Waals surface area contributed by atoms with E-state index in [-0.39, 0.29) is 5.91 Å². The van der Waals surface area contributed by atoms with Crippen molar-refractivity contribution in [3.05, 3.63) is 0 Å². The van der Waals surface area contributed by atoms with Gasteiger partial charge >= 0.3 is 0 Å². The molecule has 2 rings (SSSR count). The number of nitrogens with zero attached hydrogens (tertiary/aromatic N) is 3. The van der Waals surface area contributed by atoms with Gasteiger partial charge in [0, 0.05) is 45.8 Å². The number of carbonyl (C=O) groups is 1. The Labute approximate surface area is 116 Å². The van der Waals surface area contributed by atoms with E-state index in [0.717, 1.165) is 39.3 Å². The summed E-state index contributed by atoms with van der Waals surface area (Å²) in [6, 6.07) is 0.527. The van der Waals surface area contributed by atoms with Crippen LogP contribution in [0.2, 0.25) is 0 Å². The molecule has 5 heteroatoms. The zero-order valence-corrected chi connectivity index (χ0v) is 12.3. The predicted molar refractivity (Wildman–Crippen MR) is 76.9 cm³/mol. The van der Waals surface area contributed by atoms with Crippen LogP contribution in [0.4, 0.5) is 0 Å². The van der Waals surface area contributed by atoms with Crippen molar-refractivity contribution in [3.63, 3.8) is 0 Å². The number of carbonyl (C=O) groups excluding carboxylic acids is 1. The number of amides is 1. The maximum absolute atomic E-state index is 12.1. The third-order valence-electron chi connectivity index (χ3n) is 4.28. The van der Waals surface area contributed by atoms with Crippen molar-refractivity contribution in [1.82, 2.24) is 14.7 Å². The van der Waals surface area contributed by atoms with Gasteiger partial charge in [-0.05, 0) is 25.3 Å². The Hall–Kier alpha value is -0.650. The Morgan fingerprint density at radius 2 is 1.84 bits per heavy atom. The van der Waals surface area contributed by atoms with Crippen LogP contribution < -0.4 is 5.73 Å². The monoisotopic (exact) mass is 268 g/mol. The van der Waals surface area contributed by atoms with Gasteiger partial charge < -0.3 is 15.5 Å². The summed E-state index contributed by atoms with van der Waals surface area (Å²) in [5, 5.41) is 0. The van der Waals surface area contributed by atoms with Crippen molar-refractivity contribution < 1.29 is 4.79 Å². The van der Waals surface area contributed by atoms with E-state index in [1.807, 2.05) is 11.9 Å². The molecule has 2 fully saturated rings. The van der Waals surface area contributed by atoms with E-state index in [0.29, 0.717) is 18.5 Å². The summed E-state index contributed by atoms with van der Waals surface area (Å²) in [4.78, 5) is 18.7. The van der Waals surface area contributed by atoms with E-state index in [1.54, 1.807) is 0 Å². The second-order valence-corrected chi connectivity index (χ2v) is 6.15. The van der Waals surface area contributed by atoms with Gasteiger partial charge in [0.1, 0.15) is 0 Å². The van der Waals surface area contributed by atoms with Crippen molar-refractivity contribution in [1.29, 1.82) is 0 Å². The van der Waals surface area contributed by atoms with E-state index in [4.69, 9.17) is 5.73 Å². The van der Waals surface area contributed by atoms with Crippen LogP contribution in [0, 0.1) is 5.92 Å². The van der Waals surface area contributed by atoms with Gasteiger partial charge in [-0.15, -0.1) is 0 Å². The molecule has 2 aliphatic rings. The number of hydrogen-bond donors (Lipinski definition) is 1. The fourth-order valence-electron chi connectivity index (χ4n) is 2.61. The van der Waals surface area contributed by atoms with Crippen LogP contribution in [-0.2, 0) is 4.79 Å². The highest BCUT2D eigenvalue weighted by atomic mass is 16.2. The fourth-order valence-corrected chi connectivity index (χ4v) is 2.61. The topological polar surface area (TPSA) is 52.8 Å². The Bertz CT molecular complexity index is 298. The molecule has 0 radical (unpaired) electrons. The minimum Gasteiger partial charge on any atom is -0.342 e. The van der Waals surface area contributed by atoms with Gasteiger partial charge in [0.05, 0.1) is 6.54 Å². The van der Waals surface area contributed by atoms with Crippen LogP contribution in [0.25, 0.3) is 0 Å². The van der Waals surface area contributed by atoms with Gasteiger partial charge in [-0.1, -0.05) is 6.92 Å². The highest BCUT2D eigenvalue weighted by molar-refractivity contribution is 5.78. The van der Waals surface area contributed by atoms with E-state index < -0.39 is 0 Å². The Morgan fingerprint density at radius 1 is 1.26 bits per heavy atom. The molecule has 1 saturated carbocycles. The van der Waals surface area contributed by atoms with E-state index in [2.05, 4.69) is 16.7 Å². The lowest BCUT2D eigenvalue weighted by atomic mass is 10.1. The molecule has 1 heterocycles. The molecule has 1 unspecified atom stereocenters. The molecule has 1 aliphatic carbocycles. The molecule has 110 valence electrons. The second kappa shape index (κ2) is 6.68. The molecule has 0 bridgehead atoms. The molecule has 0 aromatic heterocycles. The van der Waals surface area contributed by atoms with Crippen LogP contribution >= 0.6 is 0 Å². The predicted octanol–water partition coefficient (Wildman–Crippen LogP) is -0.180. The number of piperazine rings is 1. The van der Waals surface area contributed by atoms with Crippen LogP contribution in [0.15, 0.2) is 0 Å². The lowest BCUT2D eigenvalue weighted by molar-refractivity contribution is -0.132. The molecular formula is C14H28N4O. The summed E-state index contributed by atoms with van der Waals surface area (Å²) in [5.41, 5.74) is 5.66. The first-order valence-corrected chi connectivity index (χ1v) is 7.50. The summed E-state index contributed by atoms with van der Waals surface area (Å²) in [5.74, 6) is 0.848. The molecule has 1 saturated heterocycles. The van der Waals surface area contributed by atoms with E-state index in [9.17, 15) is 4.79 Å². The average molecular weight is 268 g/mol. The molecule has 0 aromatic carbocycles. The fraction of sp³-hybridized carbons (Fsp3) is 0.929. The van der Waals surface area contributed by atoms with Crippen molar-refractivity contribution >= 4 is 5.91 Å². The highest BCUT2D eigenvalue weighted by Gasteiger charge is 2.30. The van der Waals surface area contributed by atoms with Crippen molar-refractivity contribution in [2.75, 3.05) is 52.9 Å². The average Bonchev–Trinajstić information content (AvgIpc) is 3.24. The first-order chi connectivity index (χ1) is 9.10. The van der Waals surface area contributed by atoms with Gasteiger partial charge in [-0.3, -0.25) is 9.69 Å². The normalized spacial score (nSPS) is 23.3. The van der Waals surface area contributed by atoms with Gasteiger partial charge in [0.15, 0.2) is 0 Å². The van der Waals surface area contributed by atoms with Crippen LogP contribution in [0.5, 0.6) is 0 Å². The SMILES string of the molecule is CC(CN)CN1CCN(CC(=O)N(C)C2CC2)CC1. The third kappa shape index (κ3) is 4.44. The van der Waals surface area contributed by atoms with Crippen LogP contribution in [0.1, 0.15) is 19.8 Å². The summed E-state index contributed by atoms with van der Waals surface area (Å²) in [6.45, 7) is 8.75. The summed E-state index contributed by atoms with van der Waals surface area (Å²) < 4.78 is 0. The number of rotatable bonds is 6. The first-order valence-electron chi connectivity index (χ1n) is 7.50. The molecule has 19 heavy (non-hydrogen) atoms. The molecule has 0 aromatic rings. The molecule has 0 spiro atoms. The molecule has 2 N–H and O–H groups in total. The van der Waals surface area contributed by atoms with Gasteiger partial charge in [0.25, 0.3) is 0 Å². The largest absolute Gasteiger partial charge is 0.342 e. The molecular weight excluding hydrogens is 240 g/mol. The number of likely N-dealkylation sites (N-methyl/N-ethyl adjacent to an activating group) is 1. The molecule has 1 atom stereocenters. The van der Waals surface area contributed by atoms with Crippen LogP contribution in [-0.4, -0.2) is 79.5 Å². The van der Waals surface area contributed by atoms with E-state index in [1.165, 1.54) is 12.8 Å². The van der Waals surface area contributed by atoms with Crippen LogP contribution in [0.3, 0.4) is 0 Å². The minimum absolute atomic E-state index is 0.284. The Balaban J connectivity index is 1.66. The summed E-state index contributed by atoms with van der Waals surface area (Å²) >= 11 is 0. The lowest BCUT2D eigenvalue weighted by Gasteiger charge is -2.36. The Morgan fingerprint density at radius 3 is 2.37 bits per heavy atom. The van der Waals surface area contributed by atoms with Crippen molar-refractivity contribution in [3.8, 4) is 0 Å². The first kappa shape index (κ1) is 14.8. The standard InChI is InChI=1S/C14H28N4O/c1-12(9-15)10-17-5-7-18(8-6-17)11-14(19)16(2)13-3-4-13/h12-13H,3-11,15H2,1-2H3. The maximum atomic E-state index is 12.1. The maximum Gasteiger partial charge on any atom is 0.236 e. The number of hydrogen-bond acceptors (Lipinski definition) is 4. The van der Waals surface area contributed by atoms with Gasteiger partial charge in [-0.2, -0.15) is 0 Å². The summed E-state index contributed by atoms with van der Waals surface area (Å²) in [6.07, 6.45) is 2.37. The van der Waals surface area contributed by atoms with Gasteiger partial charge in [0.2, 0.25) is 5.91 Å². The molecule has 5 nitrogen and oxygen atoms in total. The smallest absolute Gasteiger partial charge is 0.236 e. The minimum atomic E-state index is 0.284. The quantitative estimate of drug-likeness (QED) is 0.726. The Kier molecular flexibility index (Phi) is 5.19. The van der Waals surface area contributed by atoms with Crippen molar-refractivity contribution in [2.24, 2.45) is 11.7 Å². The molecule has 1 amide bonds. The second-order valence-electron chi connectivity index (χ2n) is 6.15. The summed E-state index contributed by atoms with van der Waals surface area (Å²) in [7, 11) is 1.94. The van der Waals surface area contributed by atoms with Gasteiger partial charge in [-0.25, -0.2) is 0 Å². The van der Waals surface area contributed by atoms with E-state index >= 15 is 0 Å². The highest BCUT2D eigenvalue weighted by Crippen LogP contribution is 2.25.